The molecule has 0 saturated carbocycles. The van der Waals surface area contributed by atoms with Gasteiger partial charge in [-0.3, -0.25) is 0 Å². The van der Waals surface area contributed by atoms with Gasteiger partial charge in [0.15, 0.2) is 0 Å². The molecular formula is C17H26N6O4. The van der Waals surface area contributed by atoms with Crippen LogP contribution in [0.15, 0.2) is 25.3 Å². The summed E-state index contributed by atoms with van der Waals surface area (Å²) in [6, 6.07) is 0. The Bertz CT molecular complexity index is 602. The number of rotatable bonds is 13. The fourth-order valence-corrected chi connectivity index (χ4v) is 2.12. The SMILES string of the molecule is C=CC(=O)OCCCCN(CCCCOC(=O)C=C)c1nc(N)nc(N)n1. The number of carbonyl (C=O) groups is 2. The highest BCUT2D eigenvalue weighted by atomic mass is 16.5. The molecule has 1 aromatic rings. The third kappa shape index (κ3) is 9.19. The Morgan fingerprint density at radius 2 is 1.30 bits per heavy atom. The first-order valence-electron chi connectivity index (χ1n) is 8.56. The number of nitrogens with two attached hydrogens (primary N) is 2. The normalized spacial score (nSPS) is 10.1. The maximum absolute atomic E-state index is 11.0. The summed E-state index contributed by atoms with van der Waals surface area (Å²) in [5.41, 5.74) is 11.3. The van der Waals surface area contributed by atoms with Crippen molar-refractivity contribution in [3.8, 4) is 0 Å². The number of nitrogens with zero attached hydrogens (tertiary/aromatic N) is 4. The van der Waals surface area contributed by atoms with E-state index in [1.807, 2.05) is 4.90 Å². The molecule has 0 aromatic carbocycles. The minimum Gasteiger partial charge on any atom is -0.463 e. The zero-order valence-electron chi connectivity index (χ0n) is 15.3. The molecule has 4 N–H and O–H groups in total. The Hall–Kier alpha value is -3.17. The summed E-state index contributed by atoms with van der Waals surface area (Å²) in [6.45, 7) is 8.52. The van der Waals surface area contributed by atoms with Gasteiger partial charge in [-0.2, -0.15) is 15.0 Å². The first-order chi connectivity index (χ1) is 13.0. The van der Waals surface area contributed by atoms with Gasteiger partial charge in [-0.15, -0.1) is 0 Å². The summed E-state index contributed by atoms with van der Waals surface area (Å²) in [6.07, 6.45) is 5.07. The molecule has 0 radical (unpaired) electrons. The average molecular weight is 378 g/mol. The zero-order valence-corrected chi connectivity index (χ0v) is 15.3. The molecule has 1 aromatic heterocycles. The van der Waals surface area contributed by atoms with Crippen molar-refractivity contribution < 1.29 is 19.1 Å². The van der Waals surface area contributed by atoms with Crippen molar-refractivity contribution >= 4 is 29.8 Å². The molecule has 0 aliphatic heterocycles. The lowest BCUT2D eigenvalue weighted by molar-refractivity contribution is -0.138. The molecule has 27 heavy (non-hydrogen) atoms. The van der Waals surface area contributed by atoms with Crippen molar-refractivity contribution in [2.45, 2.75) is 25.7 Å². The lowest BCUT2D eigenvalue weighted by Gasteiger charge is -2.22. The van der Waals surface area contributed by atoms with Crippen molar-refractivity contribution in [3.05, 3.63) is 25.3 Å². The predicted octanol–water partition coefficient (Wildman–Crippen LogP) is 0.861. The third-order valence-electron chi connectivity index (χ3n) is 3.41. The smallest absolute Gasteiger partial charge is 0.330 e. The molecule has 0 aliphatic rings. The second kappa shape index (κ2) is 12.2. The highest BCUT2D eigenvalue weighted by molar-refractivity contribution is 5.81. The number of carbonyl (C=O) groups excluding carboxylic acids is 2. The third-order valence-corrected chi connectivity index (χ3v) is 3.41. The highest BCUT2D eigenvalue weighted by Gasteiger charge is 2.12. The Kier molecular flexibility index (Phi) is 9.90. The van der Waals surface area contributed by atoms with Gasteiger partial charge in [0.1, 0.15) is 0 Å². The molecule has 1 rings (SSSR count). The van der Waals surface area contributed by atoms with Crippen molar-refractivity contribution in [2.24, 2.45) is 0 Å². The van der Waals surface area contributed by atoms with Crippen LogP contribution in [0.5, 0.6) is 0 Å². The topological polar surface area (TPSA) is 147 Å². The summed E-state index contributed by atoms with van der Waals surface area (Å²) < 4.78 is 9.90. The minimum absolute atomic E-state index is 0.0438. The van der Waals surface area contributed by atoms with Crippen LogP contribution in [-0.2, 0) is 19.1 Å². The Morgan fingerprint density at radius 1 is 0.852 bits per heavy atom. The predicted molar refractivity (Wildman–Crippen MR) is 102 cm³/mol. The quantitative estimate of drug-likeness (QED) is 0.288. The van der Waals surface area contributed by atoms with Gasteiger partial charge in [-0.05, 0) is 25.7 Å². The second-order valence-electron chi connectivity index (χ2n) is 5.50. The van der Waals surface area contributed by atoms with Crippen LogP contribution in [0.25, 0.3) is 0 Å². The van der Waals surface area contributed by atoms with Crippen molar-refractivity contribution in [1.29, 1.82) is 0 Å². The van der Waals surface area contributed by atoms with Crippen LogP contribution < -0.4 is 16.4 Å². The van der Waals surface area contributed by atoms with Gasteiger partial charge in [0.2, 0.25) is 17.8 Å². The van der Waals surface area contributed by atoms with Crippen molar-refractivity contribution in [1.82, 2.24) is 15.0 Å². The molecule has 148 valence electrons. The maximum atomic E-state index is 11.0. The molecule has 0 fully saturated rings. The number of anilines is 3. The molecule has 0 spiro atoms. The molecule has 0 unspecified atom stereocenters. The molecule has 0 saturated heterocycles. The van der Waals surface area contributed by atoms with E-state index < -0.39 is 11.9 Å². The number of hydrogen-bond acceptors (Lipinski definition) is 10. The van der Waals surface area contributed by atoms with E-state index in [0.29, 0.717) is 45.1 Å². The first-order valence-corrected chi connectivity index (χ1v) is 8.56. The van der Waals surface area contributed by atoms with Gasteiger partial charge in [0.05, 0.1) is 13.2 Å². The largest absolute Gasteiger partial charge is 0.463 e. The zero-order chi connectivity index (χ0) is 20.1. The number of aromatic nitrogens is 3. The van der Waals surface area contributed by atoms with Crippen LogP contribution in [0, 0.1) is 0 Å². The average Bonchev–Trinajstić information content (AvgIpc) is 2.64. The van der Waals surface area contributed by atoms with Gasteiger partial charge in [-0.25, -0.2) is 9.59 Å². The van der Waals surface area contributed by atoms with Gasteiger partial charge in [0, 0.05) is 25.2 Å². The van der Waals surface area contributed by atoms with Crippen molar-refractivity contribution in [2.75, 3.05) is 42.7 Å². The monoisotopic (exact) mass is 378 g/mol. The summed E-state index contributed by atoms with van der Waals surface area (Å²) in [5, 5.41) is 0. The van der Waals surface area contributed by atoms with Gasteiger partial charge in [0.25, 0.3) is 0 Å². The maximum Gasteiger partial charge on any atom is 0.330 e. The van der Waals surface area contributed by atoms with Gasteiger partial charge >= 0.3 is 11.9 Å². The van der Waals surface area contributed by atoms with Crippen molar-refractivity contribution in [3.63, 3.8) is 0 Å². The van der Waals surface area contributed by atoms with Crippen LogP contribution in [0.3, 0.4) is 0 Å². The summed E-state index contributed by atoms with van der Waals surface area (Å²) in [4.78, 5) is 36.0. The van der Waals surface area contributed by atoms with Crippen LogP contribution in [0.2, 0.25) is 0 Å². The number of unbranched alkanes of at least 4 members (excludes halogenated alkanes) is 2. The fraction of sp³-hybridized carbons (Fsp3) is 0.471. The molecule has 10 heteroatoms. The molecule has 0 aliphatic carbocycles. The molecule has 0 amide bonds. The number of ether oxygens (including phenoxy) is 2. The van der Waals surface area contributed by atoms with E-state index in [9.17, 15) is 9.59 Å². The van der Waals surface area contributed by atoms with E-state index in [-0.39, 0.29) is 11.9 Å². The lowest BCUT2D eigenvalue weighted by atomic mass is 10.2. The molecule has 0 bridgehead atoms. The summed E-state index contributed by atoms with van der Waals surface area (Å²) in [5.74, 6) is -0.422. The standard InChI is InChI=1S/C17H26N6O4/c1-3-13(24)26-11-7-5-9-23(10-6-8-12-27-14(25)4-2)17-21-15(18)20-16(19)22-17/h3-4H,1-2,5-12H2,(H4,18,19,20,21,22). The summed E-state index contributed by atoms with van der Waals surface area (Å²) >= 11 is 0. The van der Waals surface area contributed by atoms with E-state index in [4.69, 9.17) is 20.9 Å². The Morgan fingerprint density at radius 3 is 1.70 bits per heavy atom. The van der Waals surface area contributed by atoms with Crippen LogP contribution in [0.1, 0.15) is 25.7 Å². The van der Waals surface area contributed by atoms with E-state index in [2.05, 4.69) is 28.1 Å². The first kappa shape index (κ1) is 21.9. The molecule has 0 atom stereocenters. The van der Waals surface area contributed by atoms with E-state index in [1.165, 1.54) is 0 Å². The van der Waals surface area contributed by atoms with Crippen LogP contribution in [0.4, 0.5) is 17.8 Å². The molecule has 10 nitrogen and oxygen atoms in total. The second-order valence-corrected chi connectivity index (χ2v) is 5.50. The highest BCUT2D eigenvalue weighted by Crippen LogP contribution is 2.13. The molecule has 1 heterocycles. The summed E-state index contributed by atoms with van der Waals surface area (Å²) in [7, 11) is 0. The molecular weight excluding hydrogens is 352 g/mol. The number of hydrogen-bond donors (Lipinski definition) is 2. The Balaban J connectivity index is 2.53. The van der Waals surface area contributed by atoms with E-state index in [0.717, 1.165) is 25.0 Å². The van der Waals surface area contributed by atoms with Gasteiger partial charge in [-0.1, -0.05) is 13.2 Å². The van der Waals surface area contributed by atoms with Crippen LogP contribution in [-0.4, -0.2) is 53.2 Å². The number of esters is 2. The Labute approximate surface area is 158 Å². The van der Waals surface area contributed by atoms with Gasteiger partial charge < -0.3 is 25.8 Å². The minimum atomic E-state index is -0.445. The number of nitrogen functional groups attached to an aromatic ring is 2. The fourth-order valence-electron chi connectivity index (χ4n) is 2.12. The van der Waals surface area contributed by atoms with E-state index in [1.54, 1.807) is 0 Å². The lowest BCUT2D eigenvalue weighted by Crippen LogP contribution is -2.29. The van der Waals surface area contributed by atoms with Crippen LogP contribution >= 0.6 is 0 Å². The van der Waals surface area contributed by atoms with E-state index >= 15 is 0 Å².